The molecule has 5 heteroatoms. The highest BCUT2D eigenvalue weighted by molar-refractivity contribution is 9.25. The molecular formula is C5H8Br2O3. The summed E-state index contributed by atoms with van der Waals surface area (Å²) in [4.78, 5) is 9.53. The van der Waals surface area contributed by atoms with E-state index in [1.54, 1.807) is 0 Å². The molecule has 1 aliphatic rings. The molecule has 1 saturated heterocycles. The molecule has 0 spiro atoms. The van der Waals surface area contributed by atoms with Crippen molar-refractivity contribution in [3.05, 3.63) is 0 Å². The van der Waals surface area contributed by atoms with E-state index in [0.717, 1.165) is 0 Å². The third-order valence-electron chi connectivity index (χ3n) is 1.59. The van der Waals surface area contributed by atoms with Crippen LogP contribution in [0.25, 0.3) is 0 Å². The fourth-order valence-electron chi connectivity index (χ4n) is 0.556. The lowest BCUT2D eigenvalue weighted by atomic mass is 9.95. The minimum absolute atomic E-state index is 0.00347. The van der Waals surface area contributed by atoms with Gasteiger partial charge < -0.3 is 5.11 Å². The zero-order valence-electron chi connectivity index (χ0n) is 5.43. The van der Waals surface area contributed by atoms with Crippen LogP contribution in [-0.2, 0) is 9.78 Å². The van der Waals surface area contributed by atoms with Crippen LogP contribution in [0.1, 0.15) is 6.92 Å². The van der Waals surface area contributed by atoms with E-state index >= 15 is 0 Å². The quantitative estimate of drug-likeness (QED) is 0.581. The Bertz CT molecular complexity index is 139. The van der Waals surface area contributed by atoms with Gasteiger partial charge in [-0.2, -0.15) is 0 Å². The summed E-state index contributed by atoms with van der Waals surface area (Å²) in [7, 11) is 0. The first-order valence-corrected chi connectivity index (χ1v) is 4.40. The number of hydrogen-bond acceptors (Lipinski definition) is 3. The maximum Gasteiger partial charge on any atom is 0.221 e. The van der Waals surface area contributed by atoms with Gasteiger partial charge in [0.05, 0.1) is 18.6 Å². The standard InChI is InChI=1S/C5H8Br2O3/c1-4(2-8)3-9-10-5(4,6)7/h8H,2-3H2,1H3. The fraction of sp³-hybridized carbons (Fsp3) is 1.00. The summed E-state index contributed by atoms with van der Waals surface area (Å²) in [6.07, 6.45) is 0. The molecular weight excluding hydrogens is 268 g/mol. The highest BCUT2D eigenvalue weighted by Crippen LogP contribution is 2.49. The van der Waals surface area contributed by atoms with Gasteiger partial charge in [0.25, 0.3) is 0 Å². The number of alkyl halides is 2. The second-order valence-electron chi connectivity index (χ2n) is 2.58. The normalized spacial score (nSPS) is 38.4. The molecule has 1 atom stereocenters. The van der Waals surface area contributed by atoms with Crippen LogP contribution >= 0.6 is 31.9 Å². The molecule has 0 amide bonds. The van der Waals surface area contributed by atoms with Crippen LogP contribution in [0.5, 0.6) is 0 Å². The highest BCUT2D eigenvalue weighted by atomic mass is 79.9. The van der Waals surface area contributed by atoms with E-state index in [0.29, 0.717) is 6.61 Å². The van der Waals surface area contributed by atoms with Gasteiger partial charge in [0.1, 0.15) is 0 Å². The predicted octanol–water partition coefficient (Wildman–Crippen LogP) is 1.39. The maximum atomic E-state index is 8.94. The summed E-state index contributed by atoms with van der Waals surface area (Å²) < 4.78 is -0.748. The second kappa shape index (κ2) is 2.71. The SMILES string of the molecule is CC1(CO)COOC1(Br)Br. The van der Waals surface area contributed by atoms with Crippen LogP contribution in [0.2, 0.25) is 0 Å². The number of hydrogen-bond donors (Lipinski definition) is 1. The molecule has 0 aromatic heterocycles. The molecule has 1 unspecified atom stereocenters. The Hall–Kier alpha value is 0.840. The summed E-state index contributed by atoms with van der Waals surface area (Å²) >= 11 is 6.47. The Morgan fingerprint density at radius 2 is 2.20 bits per heavy atom. The Morgan fingerprint density at radius 3 is 2.40 bits per heavy atom. The molecule has 0 radical (unpaired) electrons. The summed E-state index contributed by atoms with van der Waals surface area (Å²) in [6.45, 7) is 2.23. The minimum Gasteiger partial charge on any atom is -0.396 e. The number of aliphatic hydroxyl groups is 1. The molecule has 1 N–H and O–H groups in total. The molecule has 1 heterocycles. The maximum absolute atomic E-state index is 8.94. The molecule has 1 aliphatic heterocycles. The number of rotatable bonds is 1. The van der Waals surface area contributed by atoms with E-state index in [1.807, 2.05) is 6.92 Å². The largest absolute Gasteiger partial charge is 0.396 e. The molecule has 10 heavy (non-hydrogen) atoms. The van der Waals surface area contributed by atoms with Crippen LogP contribution in [0.4, 0.5) is 0 Å². The van der Waals surface area contributed by atoms with Crippen molar-refractivity contribution < 1.29 is 14.9 Å². The van der Waals surface area contributed by atoms with Gasteiger partial charge >= 0.3 is 0 Å². The molecule has 0 bridgehead atoms. The fourth-order valence-corrected chi connectivity index (χ4v) is 1.22. The number of halogens is 2. The van der Waals surface area contributed by atoms with Gasteiger partial charge in [0.2, 0.25) is 3.42 Å². The monoisotopic (exact) mass is 274 g/mol. The summed E-state index contributed by atoms with van der Waals surface area (Å²) in [5.41, 5.74) is -0.424. The average Bonchev–Trinajstić information content (AvgIpc) is 2.10. The average molecular weight is 276 g/mol. The summed E-state index contributed by atoms with van der Waals surface area (Å²) in [5.74, 6) is 0. The molecule has 0 aromatic carbocycles. The van der Waals surface area contributed by atoms with Gasteiger partial charge in [-0.1, -0.05) is 6.92 Å². The minimum atomic E-state index is -0.748. The Balaban J connectivity index is 2.76. The van der Waals surface area contributed by atoms with E-state index in [4.69, 9.17) is 14.9 Å². The van der Waals surface area contributed by atoms with Gasteiger partial charge in [-0.3, -0.25) is 0 Å². The third kappa shape index (κ3) is 1.25. The summed E-state index contributed by atoms with van der Waals surface area (Å²) in [6, 6.07) is 0. The zero-order chi connectivity index (χ0) is 7.83. The van der Waals surface area contributed by atoms with Gasteiger partial charge in [0.15, 0.2) is 0 Å². The van der Waals surface area contributed by atoms with Crippen LogP contribution < -0.4 is 0 Å². The van der Waals surface area contributed by atoms with E-state index in [2.05, 4.69) is 31.9 Å². The van der Waals surface area contributed by atoms with Gasteiger partial charge in [0, 0.05) is 0 Å². The Labute approximate surface area is 75.9 Å². The molecule has 1 fully saturated rings. The molecule has 3 nitrogen and oxygen atoms in total. The van der Waals surface area contributed by atoms with Crippen molar-refractivity contribution in [2.75, 3.05) is 13.2 Å². The lowest BCUT2D eigenvalue weighted by Crippen LogP contribution is -2.36. The van der Waals surface area contributed by atoms with Crippen LogP contribution in [0, 0.1) is 5.41 Å². The molecule has 0 aromatic rings. The Kier molecular flexibility index (Phi) is 2.42. The highest BCUT2D eigenvalue weighted by Gasteiger charge is 2.52. The molecule has 0 saturated carbocycles. The summed E-state index contributed by atoms with van der Waals surface area (Å²) in [5, 5.41) is 8.94. The zero-order valence-corrected chi connectivity index (χ0v) is 8.61. The predicted molar refractivity (Wildman–Crippen MR) is 42.8 cm³/mol. The topological polar surface area (TPSA) is 38.7 Å². The van der Waals surface area contributed by atoms with Crippen molar-refractivity contribution in [2.24, 2.45) is 5.41 Å². The van der Waals surface area contributed by atoms with Crippen molar-refractivity contribution in [3.63, 3.8) is 0 Å². The third-order valence-corrected chi connectivity index (χ3v) is 3.77. The van der Waals surface area contributed by atoms with E-state index in [9.17, 15) is 0 Å². The Morgan fingerprint density at radius 1 is 1.60 bits per heavy atom. The van der Waals surface area contributed by atoms with Crippen molar-refractivity contribution in [1.82, 2.24) is 0 Å². The molecule has 0 aliphatic carbocycles. The van der Waals surface area contributed by atoms with Crippen LogP contribution in [-0.4, -0.2) is 21.7 Å². The molecule has 1 rings (SSSR count). The molecule has 60 valence electrons. The second-order valence-corrected chi connectivity index (χ2v) is 5.88. The van der Waals surface area contributed by atoms with Crippen molar-refractivity contribution in [3.8, 4) is 0 Å². The van der Waals surface area contributed by atoms with E-state index in [-0.39, 0.29) is 6.61 Å². The van der Waals surface area contributed by atoms with E-state index in [1.165, 1.54) is 0 Å². The van der Waals surface area contributed by atoms with Crippen LogP contribution in [0.3, 0.4) is 0 Å². The van der Waals surface area contributed by atoms with Crippen LogP contribution in [0.15, 0.2) is 0 Å². The smallest absolute Gasteiger partial charge is 0.221 e. The van der Waals surface area contributed by atoms with Gasteiger partial charge in [-0.25, -0.2) is 9.78 Å². The van der Waals surface area contributed by atoms with Crippen molar-refractivity contribution in [2.45, 2.75) is 10.3 Å². The van der Waals surface area contributed by atoms with Crippen molar-refractivity contribution in [1.29, 1.82) is 0 Å². The number of aliphatic hydroxyl groups excluding tert-OH is 1. The van der Waals surface area contributed by atoms with Gasteiger partial charge in [-0.05, 0) is 31.9 Å². The van der Waals surface area contributed by atoms with E-state index < -0.39 is 8.83 Å². The lowest BCUT2D eigenvalue weighted by molar-refractivity contribution is -0.261. The first-order valence-electron chi connectivity index (χ1n) is 2.81. The van der Waals surface area contributed by atoms with Gasteiger partial charge in [-0.15, -0.1) is 0 Å². The first kappa shape index (κ1) is 8.93. The lowest BCUT2D eigenvalue weighted by Gasteiger charge is -2.27. The first-order chi connectivity index (χ1) is 4.52. The van der Waals surface area contributed by atoms with Crippen molar-refractivity contribution >= 4 is 31.9 Å².